The van der Waals surface area contributed by atoms with Gasteiger partial charge in [-0.2, -0.15) is 0 Å². The second-order valence-electron chi connectivity index (χ2n) is 4.79. The Morgan fingerprint density at radius 1 is 1.33 bits per heavy atom. The lowest BCUT2D eigenvalue weighted by Gasteiger charge is -2.28. The Morgan fingerprint density at radius 3 is 2.39 bits per heavy atom. The third kappa shape index (κ3) is 3.87. The van der Waals surface area contributed by atoms with Crippen molar-refractivity contribution < 1.29 is 4.79 Å². The molecule has 1 rings (SSSR count). The first-order valence-corrected chi connectivity index (χ1v) is 6.53. The molecule has 18 heavy (non-hydrogen) atoms. The summed E-state index contributed by atoms with van der Waals surface area (Å²) in [6.45, 7) is 6.40. The van der Waals surface area contributed by atoms with Crippen LogP contribution < -0.4 is 5.73 Å². The minimum Gasteiger partial charge on any atom is -0.337 e. The molecule has 1 amide bonds. The van der Waals surface area contributed by atoms with E-state index in [4.69, 9.17) is 28.9 Å². The largest absolute Gasteiger partial charge is 0.337 e. The monoisotopic (exact) mass is 288 g/mol. The van der Waals surface area contributed by atoms with Crippen LogP contribution in [0.3, 0.4) is 0 Å². The van der Waals surface area contributed by atoms with E-state index in [9.17, 15) is 4.79 Å². The van der Waals surface area contributed by atoms with Crippen molar-refractivity contribution in [2.75, 3.05) is 6.54 Å². The van der Waals surface area contributed by atoms with E-state index < -0.39 is 5.54 Å². The smallest absolute Gasteiger partial charge is 0.242 e. The number of rotatable bonds is 4. The lowest BCUT2D eigenvalue weighted by atomic mass is 10.0. The second-order valence-corrected chi connectivity index (χ2v) is 5.60. The highest BCUT2D eigenvalue weighted by molar-refractivity contribution is 6.42. The Hall–Kier alpha value is -0.770. The summed E-state index contributed by atoms with van der Waals surface area (Å²) < 4.78 is 0. The van der Waals surface area contributed by atoms with Gasteiger partial charge in [-0.15, -0.1) is 0 Å². The number of likely N-dealkylation sites (N-methyl/N-ethyl adjacent to an activating group) is 1. The van der Waals surface area contributed by atoms with E-state index in [1.807, 2.05) is 13.0 Å². The van der Waals surface area contributed by atoms with Crippen LogP contribution >= 0.6 is 23.2 Å². The Kier molecular flexibility index (Phi) is 5.02. The predicted octanol–water partition coefficient (Wildman–Crippen LogP) is 3.08. The molecule has 0 unspecified atom stereocenters. The van der Waals surface area contributed by atoms with Crippen molar-refractivity contribution in [2.45, 2.75) is 32.9 Å². The summed E-state index contributed by atoms with van der Waals surface area (Å²) in [5.41, 5.74) is 5.89. The lowest BCUT2D eigenvalue weighted by molar-refractivity contribution is -0.136. The number of hydrogen-bond donors (Lipinski definition) is 1. The molecular weight excluding hydrogens is 271 g/mol. The molecule has 1 aromatic rings. The fraction of sp³-hybridized carbons (Fsp3) is 0.462. The van der Waals surface area contributed by atoms with E-state index >= 15 is 0 Å². The maximum absolute atomic E-state index is 12.1. The van der Waals surface area contributed by atoms with Crippen LogP contribution in [0.15, 0.2) is 18.2 Å². The minimum absolute atomic E-state index is 0.0870. The minimum atomic E-state index is -0.869. The number of halogens is 2. The highest BCUT2D eigenvalue weighted by atomic mass is 35.5. The van der Waals surface area contributed by atoms with Crippen molar-refractivity contribution >= 4 is 29.1 Å². The van der Waals surface area contributed by atoms with E-state index in [1.54, 1.807) is 30.9 Å². The molecule has 100 valence electrons. The van der Waals surface area contributed by atoms with Crippen molar-refractivity contribution in [1.82, 2.24) is 4.90 Å². The van der Waals surface area contributed by atoms with Crippen LogP contribution in [-0.4, -0.2) is 22.9 Å². The van der Waals surface area contributed by atoms with Gasteiger partial charge in [0.15, 0.2) is 0 Å². The van der Waals surface area contributed by atoms with E-state index in [1.165, 1.54) is 0 Å². The van der Waals surface area contributed by atoms with Crippen molar-refractivity contribution in [3.05, 3.63) is 33.8 Å². The summed E-state index contributed by atoms with van der Waals surface area (Å²) in [4.78, 5) is 13.8. The molecule has 0 heterocycles. The first-order valence-electron chi connectivity index (χ1n) is 5.78. The molecule has 0 aliphatic heterocycles. The molecule has 0 saturated heterocycles. The molecule has 0 aliphatic carbocycles. The van der Waals surface area contributed by atoms with E-state index in [0.717, 1.165) is 5.56 Å². The number of carbonyl (C=O) groups excluding carboxylic acids is 1. The molecule has 0 aliphatic rings. The fourth-order valence-corrected chi connectivity index (χ4v) is 1.91. The summed E-state index contributed by atoms with van der Waals surface area (Å²) >= 11 is 11.8. The molecular formula is C13H18Cl2N2O. The highest BCUT2D eigenvalue weighted by Crippen LogP contribution is 2.23. The Bertz CT molecular complexity index is 441. The van der Waals surface area contributed by atoms with E-state index in [2.05, 4.69) is 0 Å². The quantitative estimate of drug-likeness (QED) is 0.926. The highest BCUT2D eigenvalue weighted by Gasteiger charge is 2.26. The summed E-state index contributed by atoms with van der Waals surface area (Å²) in [6, 6.07) is 5.35. The van der Waals surface area contributed by atoms with Crippen molar-refractivity contribution in [2.24, 2.45) is 5.73 Å². The zero-order valence-corrected chi connectivity index (χ0v) is 12.3. The molecule has 0 radical (unpaired) electrons. The molecule has 0 aromatic heterocycles. The van der Waals surface area contributed by atoms with E-state index in [0.29, 0.717) is 23.1 Å². The van der Waals surface area contributed by atoms with Gasteiger partial charge in [0.1, 0.15) is 0 Å². The molecule has 0 bridgehead atoms. The third-order valence-corrected chi connectivity index (χ3v) is 3.32. The maximum Gasteiger partial charge on any atom is 0.242 e. The van der Waals surface area contributed by atoms with Crippen molar-refractivity contribution in [1.29, 1.82) is 0 Å². The summed E-state index contributed by atoms with van der Waals surface area (Å²) in [5.74, 6) is -0.0870. The number of hydrogen-bond acceptors (Lipinski definition) is 2. The SMILES string of the molecule is CCN(Cc1ccc(Cl)c(Cl)c1)C(=O)C(C)(C)N. The molecule has 0 saturated carbocycles. The average molecular weight is 289 g/mol. The van der Waals surface area contributed by atoms with E-state index in [-0.39, 0.29) is 5.91 Å². The molecule has 0 fully saturated rings. The van der Waals surface area contributed by atoms with Crippen LogP contribution in [0.1, 0.15) is 26.3 Å². The lowest BCUT2D eigenvalue weighted by Crippen LogP contribution is -2.50. The fourth-order valence-electron chi connectivity index (χ4n) is 1.59. The summed E-state index contributed by atoms with van der Waals surface area (Å²) in [7, 11) is 0. The first kappa shape index (κ1) is 15.3. The van der Waals surface area contributed by atoms with Crippen LogP contribution in [0.5, 0.6) is 0 Å². The van der Waals surface area contributed by atoms with Gasteiger partial charge in [0.25, 0.3) is 0 Å². The Balaban J connectivity index is 2.86. The first-order chi connectivity index (χ1) is 8.25. The molecule has 2 N–H and O–H groups in total. The standard InChI is InChI=1S/C13H18Cl2N2O/c1-4-17(12(18)13(2,3)16)8-9-5-6-10(14)11(15)7-9/h5-7H,4,8,16H2,1-3H3. The van der Waals surface area contributed by atoms with Crippen molar-refractivity contribution in [3.63, 3.8) is 0 Å². The second kappa shape index (κ2) is 5.91. The van der Waals surface area contributed by atoms with Gasteiger partial charge in [-0.3, -0.25) is 4.79 Å². The zero-order chi connectivity index (χ0) is 13.9. The summed E-state index contributed by atoms with van der Waals surface area (Å²) in [5, 5.41) is 0.999. The number of amides is 1. The number of nitrogens with zero attached hydrogens (tertiary/aromatic N) is 1. The van der Waals surface area contributed by atoms with Crippen LogP contribution in [0, 0.1) is 0 Å². The Morgan fingerprint density at radius 2 is 1.94 bits per heavy atom. The topological polar surface area (TPSA) is 46.3 Å². The van der Waals surface area contributed by atoms with Crippen LogP contribution in [-0.2, 0) is 11.3 Å². The number of carbonyl (C=O) groups is 1. The van der Waals surface area contributed by atoms with Crippen LogP contribution in [0.2, 0.25) is 10.0 Å². The third-order valence-electron chi connectivity index (χ3n) is 2.58. The molecule has 0 atom stereocenters. The number of benzene rings is 1. The van der Waals surface area contributed by atoms with Gasteiger partial charge in [-0.05, 0) is 38.5 Å². The van der Waals surface area contributed by atoms with Gasteiger partial charge in [0.2, 0.25) is 5.91 Å². The zero-order valence-electron chi connectivity index (χ0n) is 10.8. The molecule has 1 aromatic carbocycles. The predicted molar refractivity (Wildman–Crippen MR) is 75.8 cm³/mol. The maximum atomic E-state index is 12.1. The summed E-state index contributed by atoms with van der Waals surface area (Å²) in [6.07, 6.45) is 0. The van der Waals surface area contributed by atoms with Crippen LogP contribution in [0.4, 0.5) is 0 Å². The average Bonchev–Trinajstić information content (AvgIpc) is 2.28. The molecule has 0 spiro atoms. The van der Waals surface area contributed by atoms with Gasteiger partial charge < -0.3 is 10.6 Å². The van der Waals surface area contributed by atoms with Gasteiger partial charge >= 0.3 is 0 Å². The van der Waals surface area contributed by atoms with Gasteiger partial charge in [0.05, 0.1) is 15.6 Å². The van der Waals surface area contributed by atoms with Crippen LogP contribution in [0.25, 0.3) is 0 Å². The normalized spacial score (nSPS) is 11.4. The van der Waals surface area contributed by atoms with Crippen molar-refractivity contribution in [3.8, 4) is 0 Å². The van der Waals surface area contributed by atoms with Gasteiger partial charge in [-0.1, -0.05) is 29.3 Å². The molecule has 3 nitrogen and oxygen atoms in total. The van der Waals surface area contributed by atoms with Gasteiger partial charge in [-0.25, -0.2) is 0 Å². The molecule has 5 heteroatoms. The number of nitrogens with two attached hydrogens (primary N) is 1. The van der Waals surface area contributed by atoms with Gasteiger partial charge in [0, 0.05) is 13.1 Å². The Labute approximate surface area is 118 Å².